The first kappa shape index (κ1) is 13.3. The second kappa shape index (κ2) is 6.11. The summed E-state index contributed by atoms with van der Waals surface area (Å²) in [6.45, 7) is 2.02. The van der Waals surface area contributed by atoms with Gasteiger partial charge < -0.3 is 0 Å². The zero-order valence-corrected chi connectivity index (χ0v) is 10.8. The van der Waals surface area contributed by atoms with E-state index in [0.717, 1.165) is 12.2 Å². The van der Waals surface area contributed by atoms with Crippen LogP contribution >= 0.6 is 11.8 Å². The minimum absolute atomic E-state index is 0.0769. The van der Waals surface area contributed by atoms with Crippen molar-refractivity contribution in [2.75, 3.05) is 11.5 Å². The molecule has 1 rings (SSSR count). The molecule has 0 aliphatic heterocycles. The van der Waals surface area contributed by atoms with Crippen molar-refractivity contribution in [3.63, 3.8) is 0 Å². The molecule has 15 heavy (non-hydrogen) atoms. The van der Waals surface area contributed by atoms with Gasteiger partial charge in [0.1, 0.15) is 0 Å². The van der Waals surface area contributed by atoms with Crippen LogP contribution in [-0.4, -0.2) is 29.7 Å². The number of hydrogen-bond donors (Lipinski definition) is 1. The van der Waals surface area contributed by atoms with Crippen molar-refractivity contribution in [3.05, 3.63) is 0 Å². The molecular weight excluding hydrogens is 232 g/mol. The Kier molecular flexibility index (Phi) is 5.43. The highest BCUT2D eigenvalue weighted by atomic mass is 32.2. The van der Waals surface area contributed by atoms with Gasteiger partial charge in [0, 0.05) is 5.25 Å². The predicted octanol–water partition coefficient (Wildman–Crippen LogP) is 2.58. The molecule has 1 aliphatic rings. The average Bonchev–Trinajstić information content (AvgIpc) is 2.54. The summed E-state index contributed by atoms with van der Waals surface area (Å²) in [5.74, 6) is 1.50. The summed E-state index contributed by atoms with van der Waals surface area (Å²) in [4.78, 5) is 0. The van der Waals surface area contributed by atoms with Crippen LogP contribution in [-0.2, 0) is 10.1 Å². The van der Waals surface area contributed by atoms with Crippen molar-refractivity contribution in [2.24, 2.45) is 5.92 Å². The van der Waals surface area contributed by atoms with Gasteiger partial charge in [-0.3, -0.25) is 4.55 Å². The van der Waals surface area contributed by atoms with Gasteiger partial charge >= 0.3 is 0 Å². The molecule has 0 spiro atoms. The third-order valence-corrected chi connectivity index (χ3v) is 5.07. The zero-order chi connectivity index (χ0) is 11.3. The molecular formula is C10H20O3S2. The highest BCUT2D eigenvalue weighted by Crippen LogP contribution is 2.32. The molecule has 1 aliphatic carbocycles. The Morgan fingerprint density at radius 2 is 2.00 bits per heavy atom. The molecule has 1 atom stereocenters. The normalized spacial score (nSPS) is 20.7. The van der Waals surface area contributed by atoms with Gasteiger partial charge in [0.05, 0.1) is 5.75 Å². The minimum Gasteiger partial charge on any atom is -0.286 e. The van der Waals surface area contributed by atoms with Crippen LogP contribution in [0.4, 0.5) is 0 Å². The largest absolute Gasteiger partial charge is 0.286 e. The van der Waals surface area contributed by atoms with Gasteiger partial charge in [-0.1, -0.05) is 32.6 Å². The SMILES string of the molecule is CCSC(CC1CCCC1)CS(=O)(=O)O. The Bertz CT molecular complexity index is 268. The highest BCUT2D eigenvalue weighted by Gasteiger charge is 2.23. The lowest BCUT2D eigenvalue weighted by Gasteiger charge is -2.18. The molecule has 1 unspecified atom stereocenters. The lowest BCUT2D eigenvalue weighted by Crippen LogP contribution is -2.20. The molecule has 5 heteroatoms. The minimum atomic E-state index is -3.81. The summed E-state index contributed by atoms with van der Waals surface area (Å²) in [5.41, 5.74) is 0. The van der Waals surface area contributed by atoms with Crippen molar-refractivity contribution < 1.29 is 13.0 Å². The fourth-order valence-corrected chi connectivity index (χ4v) is 4.66. The van der Waals surface area contributed by atoms with Crippen molar-refractivity contribution >= 4 is 21.9 Å². The summed E-state index contributed by atoms with van der Waals surface area (Å²) in [6, 6.07) is 0. The van der Waals surface area contributed by atoms with E-state index < -0.39 is 10.1 Å². The quantitative estimate of drug-likeness (QED) is 0.738. The maximum absolute atomic E-state index is 10.8. The van der Waals surface area contributed by atoms with Crippen molar-refractivity contribution in [1.29, 1.82) is 0 Å². The maximum Gasteiger partial charge on any atom is 0.265 e. The lowest BCUT2D eigenvalue weighted by molar-refractivity contribution is 0.467. The number of rotatable bonds is 6. The van der Waals surface area contributed by atoms with Gasteiger partial charge in [-0.25, -0.2) is 0 Å². The van der Waals surface area contributed by atoms with Gasteiger partial charge in [-0.2, -0.15) is 20.2 Å². The second-order valence-corrected chi connectivity index (χ2v) is 7.29. The van der Waals surface area contributed by atoms with Crippen LogP contribution in [0.15, 0.2) is 0 Å². The van der Waals surface area contributed by atoms with Gasteiger partial charge in [0.2, 0.25) is 0 Å². The van der Waals surface area contributed by atoms with E-state index in [-0.39, 0.29) is 11.0 Å². The Morgan fingerprint density at radius 1 is 1.40 bits per heavy atom. The van der Waals surface area contributed by atoms with E-state index in [1.165, 1.54) is 25.7 Å². The molecule has 0 radical (unpaired) electrons. The summed E-state index contributed by atoms with van der Waals surface area (Å²) in [5, 5.41) is 0.0769. The molecule has 3 nitrogen and oxygen atoms in total. The Morgan fingerprint density at radius 3 is 2.47 bits per heavy atom. The lowest BCUT2D eigenvalue weighted by atomic mass is 10.0. The molecule has 0 aromatic rings. The summed E-state index contributed by atoms with van der Waals surface area (Å²) in [7, 11) is -3.81. The van der Waals surface area contributed by atoms with E-state index in [4.69, 9.17) is 4.55 Å². The average molecular weight is 252 g/mol. The van der Waals surface area contributed by atoms with Crippen LogP contribution in [0, 0.1) is 5.92 Å². The zero-order valence-electron chi connectivity index (χ0n) is 9.18. The molecule has 1 saturated carbocycles. The third kappa shape index (κ3) is 5.78. The van der Waals surface area contributed by atoms with Crippen LogP contribution in [0.1, 0.15) is 39.0 Å². The van der Waals surface area contributed by atoms with E-state index in [1.807, 2.05) is 6.92 Å². The molecule has 90 valence electrons. The molecule has 1 N–H and O–H groups in total. The first-order valence-corrected chi connectivity index (χ1v) is 8.24. The van der Waals surface area contributed by atoms with E-state index in [2.05, 4.69) is 0 Å². The number of thioether (sulfide) groups is 1. The van der Waals surface area contributed by atoms with Gasteiger partial charge in [0.15, 0.2) is 0 Å². The summed E-state index contributed by atoms with van der Waals surface area (Å²) < 4.78 is 30.5. The third-order valence-electron chi connectivity index (χ3n) is 2.87. The van der Waals surface area contributed by atoms with Crippen LogP contribution in [0.3, 0.4) is 0 Å². The second-order valence-electron chi connectivity index (χ2n) is 4.21. The number of hydrogen-bond acceptors (Lipinski definition) is 3. The summed E-state index contributed by atoms with van der Waals surface area (Å²) in [6.07, 6.45) is 5.96. The van der Waals surface area contributed by atoms with Gasteiger partial charge in [-0.15, -0.1) is 0 Å². The molecule has 0 heterocycles. The first-order chi connectivity index (χ1) is 7.01. The fraction of sp³-hybridized carbons (Fsp3) is 1.00. The Hall–Kier alpha value is 0.260. The van der Waals surface area contributed by atoms with Crippen LogP contribution in [0.2, 0.25) is 0 Å². The standard InChI is InChI=1S/C10H20O3S2/c1-2-14-10(8-15(11,12)13)7-9-5-3-4-6-9/h9-10H,2-8H2,1H3,(H,11,12,13). The molecule has 0 amide bonds. The van der Waals surface area contributed by atoms with Crippen LogP contribution < -0.4 is 0 Å². The van der Waals surface area contributed by atoms with E-state index >= 15 is 0 Å². The molecule has 1 fully saturated rings. The highest BCUT2D eigenvalue weighted by molar-refractivity contribution is 8.00. The molecule has 0 aromatic heterocycles. The van der Waals surface area contributed by atoms with Gasteiger partial charge in [0.25, 0.3) is 10.1 Å². The Labute approximate surface area is 96.8 Å². The maximum atomic E-state index is 10.8. The van der Waals surface area contributed by atoms with Gasteiger partial charge in [-0.05, 0) is 18.1 Å². The molecule has 0 aromatic carbocycles. The first-order valence-electron chi connectivity index (χ1n) is 5.58. The van der Waals surface area contributed by atoms with Crippen molar-refractivity contribution in [2.45, 2.75) is 44.3 Å². The topological polar surface area (TPSA) is 54.4 Å². The van der Waals surface area contributed by atoms with E-state index in [9.17, 15) is 8.42 Å². The van der Waals surface area contributed by atoms with Crippen molar-refractivity contribution in [1.82, 2.24) is 0 Å². The van der Waals surface area contributed by atoms with E-state index in [0.29, 0.717) is 5.92 Å². The van der Waals surface area contributed by atoms with Crippen LogP contribution in [0.5, 0.6) is 0 Å². The molecule has 0 saturated heterocycles. The summed E-state index contributed by atoms with van der Waals surface area (Å²) >= 11 is 1.65. The molecule has 0 bridgehead atoms. The predicted molar refractivity (Wildman–Crippen MR) is 64.9 cm³/mol. The monoisotopic (exact) mass is 252 g/mol. The van der Waals surface area contributed by atoms with Crippen LogP contribution in [0.25, 0.3) is 0 Å². The fourth-order valence-electron chi connectivity index (χ4n) is 2.27. The smallest absolute Gasteiger partial charge is 0.265 e. The van der Waals surface area contributed by atoms with Crippen molar-refractivity contribution in [3.8, 4) is 0 Å². The Balaban J connectivity index is 2.42. The van der Waals surface area contributed by atoms with E-state index in [1.54, 1.807) is 11.8 Å².